The van der Waals surface area contributed by atoms with E-state index >= 15 is 0 Å². The third-order valence-electron chi connectivity index (χ3n) is 8.49. The van der Waals surface area contributed by atoms with Crippen LogP contribution in [0.3, 0.4) is 0 Å². The summed E-state index contributed by atoms with van der Waals surface area (Å²) in [5.41, 5.74) is -1.86. The standard InChI is InChI=1S/C35H26N4O17S4.4Na.4H/c40-27-15-21(57(45,46)47)11-17-3-1-5-25(31(17)27)36-23-9-7-19(13-29(23)59(51,52)53)33(42)38-35(44)39-34(43)20-8-10-24(30(14-20)60(54,55)56)37-26-6-2-4-18-12-22(58(48,49)50)16-28(41)32(18)26;;;;;;;;/h1-16,36-37,40-41H,(H,45,46,47)(H,48,49,50)(H,51,52,53)(H,54,55,56)(H2,38,39,42,43,44);;;;;;;;. The van der Waals surface area contributed by atoms with Crippen LogP contribution in [0.15, 0.2) is 117 Å². The molecular weight excluding hydrogens is 969 g/mol. The Hall–Kier alpha value is -2.71. The molecule has 64 heavy (non-hydrogen) atoms. The average molecular weight is 999 g/mol. The Labute approximate surface area is 452 Å². The molecule has 0 aliphatic carbocycles. The molecule has 0 aliphatic rings. The van der Waals surface area contributed by atoms with E-state index in [-0.39, 0.29) is 163 Å². The molecule has 0 bridgehead atoms. The average Bonchev–Trinajstić information content (AvgIpc) is 3.13. The van der Waals surface area contributed by atoms with E-state index in [1.165, 1.54) is 36.4 Å². The number of hydrogen-bond acceptors (Lipinski definition) is 15. The molecule has 0 fully saturated rings. The summed E-state index contributed by atoms with van der Waals surface area (Å²) >= 11 is 0. The SMILES string of the molecule is O=C(NC(=O)c1ccc(Nc2cccc3cc(S(=O)(=O)O)cc(O)c23)c(S(=O)(=O)O)c1)NC(=O)c1ccc(Nc2cccc3cc(S(=O)(=O)O)cc(O)c23)c(S(=O)(=O)O)c1.[NaH].[NaH].[NaH].[NaH]. The molecule has 0 radical (unpaired) electrons. The number of carbonyl (C=O) groups is 3. The molecule has 0 spiro atoms. The van der Waals surface area contributed by atoms with Gasteiger partial charge in [0.2, 0.25) is 0 Å². The van der Waals surface area contributed by atoms with E-state index in [9.17, 15) is 76.5 Å². The summed E-state index contributed by atoms with van der Waals surface area (Å²) in [6.45, 7) is 0. The van der Waals surface area contributed by atoms with Crippen molar-refractivity contribution in [2.24, 2.45) is 0 Å². The van der Waals surface area contributed by atoms with Crippen LogP contribution in [-0.4, -0.2) is 198 Å². The van der Waals surface area contributed by atoms with E-state index in [2.05, 4.69) is 10.6 Å². The molecule has 4 amide bonds. The molecule has 320 valence electrons. The quantitative estimate of drug-likeness (QED) is 0.0687. The van der Waals surface area contributed by atoms with Crippen molar-refractivity contribution in [2.75, 3.05) is 10.6 Å². The van der Waals surface area contributed by atoms with Gasteiger partial charge in [0.25, 0.3) is 52.3 Å². The van der Waals surface area contributed by atoms with Crippen LogP contribution in [0.4, 0.5) is 27.5 Å². The molecule has 0 aliphatic heterocycles. The Balaban J connectivity index is 0.00000352. The molecule has 0 saturated heterocycles. The first kappa shape index (κ1) is 57.4. The van der Waals surface area contributed by atoms with Gasteiger partial charge in [-0.15, -0.1) is 0 Å². The van der Waals surface area contributed by atoms with E-state index in [0.29, 0.717) is 12.1 Å². The molecular formula is C35H30N4Na4O17S4. The van der Waals surface area contributed by atoms with Crippen molar-refractivity contribution in [1.29, 1.82) is 0 Å². The minimum absolute atomic E-state index is 0. The fourth-order valence-corrected chi connectivity index (χ4v) is 8.31. The van der Waals surface area contributed by atoms with Crippen LogP contribution in [0, 0.1) is 0 Å². The Morgan fingerprint density at radius 1 is 0.422 bits per heavy atom. The summed E-state index contributed by atoms with van der Waals surface area (Å²) in [5, 5.41) is 30.0. The van der Waals surface area contributed by atoms with E-state index in [0.717, 1.165) is 48.5 Å². The molecule has 0 saturated carbocycles. The van der Waals surface area contributed by atoms with Crippen molar-refractivity contribution < 1.29 is 76.5 Å². The molecule has 0 unspecified atom stereocenters. The number of imide groups is 2. The molecule has 6 rings (SSSR count). The van der Waals surface area contributed by atoms with E-state index in [4.69, 9.17) is 0 Å². The number of rotatable bonds is 10. The number of benzene rings is 6. The Kier molecular flexibility index (Phi) is 19.7. The molecule has 29 heteroatoms. The van der Waals surface area contributed by atoms with E-state index < -0.39 is 101 Å². The van der Waals surface area contributed by atoms with Crippen molar-refractivity contribution >= 4 is 221 Å². The molecule has 0 heterocycles. The van der Waals surface area contributed by atoms with Gasteiger partial charge in [-0.05, 0) is 71.4 Å². The third kappa shape index (κ3) is 13.3. The molecule has 0 aromatic heterocycles. The third-order valence-corrected chi connectivity index (χ3v) is 11.9. The van der Waals surface area contributed by atoms with Crippen molar-refractivity contribution in [3.8, 4) is 11.5 Å². The van der Waals surface area contributed by atoms with Crippen LogP contribution in [-0.2, 0) is 40.5 Å². The van der Waals surface area contributed by atoms with Gasteiger partial charge in [0.05, 0.1) is 32.5 Å². The van der Waals surface area contributed by atoms with Gasteiger partial charge in [0.1, 0.15) is 21.3 Å². The summed E-state index contributed by atoms with van der Waals surface area (Å²) in [5.74, 6) is -3.90. The number of anilines is 4. The van der Waals surface area contributed by atoms with Crippen LogP contribution in [0.25, 0.3) is 21.5 Å². The van der Waals surface area contributed by atoms with E-state index in [1.54, 1.807) is 10.6 Å². The zero-order chi connectivity index (χ0) is 44.1. The van der Waals surface area contributed by atoms with Crippen molar-refractivity contribution in [3.05, 3.63) is 108 Å². The van der Waals surface area contributed by atoms with Gasteiger partial charge in [-0.1, -0.05) is 24.3 Å². The number of nitrogens with one attached hydrogen (secondary N) is 4. The number of carbonyl (C=O) groups excluding carboxylic acids is 3. The second-order valence-electron chi connectivity index (χ2n) is 12.5. The van der Waals surface area contributed by atoms with Gasteiger partial charge < -0.3 is 20.8 Å². The Morgan fingerprint density at radius 2 is 0.766 bits per heavy atom. The fourth-order valence-electron chi connectivity index (χ4n) is 5.90. The van der Waals surface area contributed by atoms with Crippen LogP contribution >= 0.6 is 0 Å². The summed E-state index contributed by atoms with van der Waals surface area (Å²) in [4.78, 5) is 35.6. The van der Waals surface area contributed by atoms with Crippen LogP contribution < -0.4 is 21.3 Å². The fraction of sp³-hybridized carbons (Fsp3) is 0. The van der Waals surface area contributed by atoms with Gasteiger partial charge in [-0.3, -0.25) is 38.4 Å². The predicted octanol–water partition coefficient (Wildman–Crippen LogP) is 1.56. The molecule has 0 atom stereocenters. The number of amides is 4. The van der Waals surface area contributed by atoms with Crippen LogP contribution in [0.5, 0.6) is 11.5 Å². The van der Waals surface area contributed by atoms with Gasteiger partial charge in [0, 0.05) is 34.0 Å². The molecule has 6 aromatic carbocycles. The summed E-state index contributed by atoms with van der Waals surface area (Å²) in [6.07, 6.45) is 0. The number of phenolic OH excluding ortho intramolecular Hbond substituents is 2. The van der Waals surface area contributed by atoms with Crippen LogP contribution in [0.2, 0.25) is 0 Å². The predicted molar refractivity (Wildman–Crippen MR) is 239 cm³/mol. The molecule has 6 aromatic rings. The summed E-state index contributed by atoms with van der Waals surface area (Å²) in [6, 6.07) is 15.5. The zero-order valence-corrected chi connectivity index (χ0v) is 32.8. The van der Waals surface area contributed by atoms with Crippen LogP contribution in [0.1, 0.15) is 20.7 Å². The van der Waals surface area contributed by atoms with Gasteiger partial charge in [-0.25, -0.2) is 4.79 Å². The first-order chi connectivity index (χ1) is 27.8. The summed E-state index contributed by atoms with van der Waals surface area (Å²) in [7, 11) is -19.7. The number of hydrogen-bond donors (Lipinski definition) is 10. The van der Waals surface area contributed by atoms with Gasteiger partial charge >= 0.3 is 124 Å². The van der Waals surface area contributed by atoms with E-state index in [1.807, 2.05) is 0 Å². The number of fused-ring (bicyclic) bond motifs is 2. The Bertz CT molecular complexity index is 3110. The van der Waals surface area contributed by atoms with Gasteiger partial charge in [-0.2, -0.15) is 33.7 Å². The van der Waals surface area contributed by atoms with Crippen molar-refractivity contribution in [2.45, 2.75) is 19.6 Å². The normalized spacial score (nSPS) is 11.4. The second-order valence-corrected chi connectivity index (χ2v) is 18.1. The van der Waals surface area contributed by atoms with Gasteiger partial charge in [0.15, 0.2) is 0 Å². The monoisotopic (exact) mass is 998 g/mol. The number of urea groups is 1. The zero-order valence-electron chi connectivity index (χ0n) is 29.5. The maximum absolute atomic E-state index is 13.0. The van der Waals surface area contributed by atoms with Crippen molar-refractivity contribution in [1.82, 2.24) is 10.6 Å². The van der Waals surface area contributed by atoms with Crippen molar-refractivity contribution in [3.63, 3.8) is 0 Å². The first-order valence-corrected chi connectivity index (χ1v) is 22.0. The summed E-state index contributed by atoms with van der Waals surface area (Å²) < 4.78 is 135. The molecule has 21 nitrogen and oxygen atoms in total. The Morgan fingerprint density at radius 3 is 1.08 bits per heavy atom. The maximum atomic E-state index is 13.0. The molecule has 10 N–H and O–H groups in total. The number of aromatic hydroxyl groups is 2. The number of phenols is 2. The second kappa shape index (κ2) is 21.9. The minimum atomic E-state index is -5.13. The first-order valence-electron chi connectivity index (χ1n) is 16.2. The topological polar surface area (TPSA) is 357 Å².